The number of hydrogen-bond acceptors (Lipinski definition) is 7. The Labute approximate surface area is 294 Å². The summed E-state index contributed by atoms with van der Waals surface area (Å²) in [6.07, 6.45) is 9.10. The molecule has 0 heterocycles. The van der Waals surface area contributed by atoms with Gasteiger partial charge in [0.25, 0.3) is 0 Å². The van der Waals surface area contributed by atoms with Gasteiger partial charge < -0.3 is 19.3 Å². The van der Waals surface area contributed by atoms with Crippen molar-refractivity contribution in [3.05, 3.63) is 11.6 Å². The molecule has 4 saturated carbocycles. The molecule has 0 aromatic carbocycles. The molecule has 8 nitrogen and oxygen atoms in total. The van der Waals surface area contributed by atoms with E-state index in [9.17, 15) is 24.3 Å². The van der Waals surface area contributed by atoms with Crippen molar-refractivity contribution < 1.29 is 38.5 Å². The molecule has 276 valence electrons. The lowest BCUT2D eigenvalue weighted by Crippen LogP contribution is -2.70. The summed E-state index contributed by atoms with van der Waals surface area (Å²) in [5.74, 6) is -1.06. The molecule has 0 bridgehead atoms. The monoisotopic (exact) mass is 684 g/mol. The molecule has 0 aromatic heterocycles. The van der Waals surface area contributed by atoms with Crippen molar-refractivity contribution in [1.29, 1.82) is 0 Å². The molecule has 5 rings (SSSR count). The summed E-state index contributed by atoms with van der Waals surface area (Å²) >= 11 is 0. The van der Waals surface area contributed by atoms with Crippen LogP contribution in [0.1, 0.15) is 146 Å². The minimum atomic E-state index is -1.21. The third-order valence-electron chi connectivity index (χ3n) is 15.3. The van der Waals surface area contributed by atoms with E-state index in [0.29, 0.717) is 38.0 Å². The van der Waals surface area contributed by atoms with E-state index in [4.69, 9.17) is 14.2 Å². The summed E-state index contributed by atoms with van der Waals surface area (Å²) in [6, 6.07) is 0. The molecule has 8 heteroatoms. The Balaban J connectivity index is 1.64. The molecule has 4 fully saturated rings. The number of esters is 3. The van der Waals surface area contributed by atoms with E-state index in [2.05, 4.69) is 40.7 Å². The van der Waals surface area contributed by atoms with Crippen molar-refractivity contribution in [2.45, 2.75) is 158 Å². The molecule has 12 atom stereocenters. The van der Waals surface area contributed by atoms with Crippen LogP contribution in [0.3, 0.4) is 0 Å². The van der Waals surface area contributed by atoms with Crippen molar-refractivity contribution in [1.82, 2.24) is 0 Å². The Bertz CT molecular complexity index is 1340. The number of carboxylic acid groups (broad SMARTS) is 1. The predicted molar refractivity (Wildman–Crippen MR) is 187 cm³/mol. The van der Waals surface area contributed by atoms with Gasteiger partial charge in [-0.3, -0.25) is 19.2 Å². The lowest BCUT2D eigenvalue weighted by molar-refractivity contribution is -0.252. The normalized spacial score (nSPS) is 44.2. The molecule has 0 aliphatic heterocycles. The maximum atomic E-state index is 14.4. The van der Waals surface area contributed by atoms with Gasteiger partial charge in [-0.25, -0.2) is 0 Å². The summed E-state index contributed by atoms with van der Waals surface area (Å²) in [7, 11) is 0. The number of hydrogen-bond donors (Lipinski definition) is 1. The highest BCUT2D eigenvalue weighted by Crippen LogP contribution is 2.76. The maximum Gasteiger partial charge on any atom is 0.316 e. The Morgan fingerprint density at radius 1 is 0.837 bits per heavy atom. The Morgan fingerprint density at radius 2 is 1.49 bits per heavy atom. The van der Waals surface area contributed by atoms with Gasteiger partial charge in [0.1, 0.15) is 11.5 Å². The fourth-order valence-corrected chi connectivity index (χ4v) is 12.4. The van der Waals surface area contributed by atoms with Crippen LogP contribution in [0.15, 0.2) is 11.6 Å². The lowest BCUT2D eigenvalue weighted by atomic mass is 9.33. The first-order valence-corrected chi connectivity index (χ1v) is 19.5. The van der Waals surface area contributed by atoms with Crippen molar-refractivity contribution in [2.24, 2.45) is 56.7 Å². The number of aliphatic carboxylic acids is 1. The Morgan fingerprint density at radius 3 is 2.10 bits per heavy atom. The lowest BCUT2D eigenvalue weighted by Gasteiger charge is -2.71. The molecule has 0 spiro atoms. The first-order valence-electron chi connectivity index (χ1n) is 19.5. The van der Waals surface area contributed by atoms with Crippen LogP contribution in [0, 0.1) is 56.7 Å². The Hall–Kier alpha value is -2.38. The zero-order chi connectivity index (χ0) is 36.2. The molecule has 0 amide bonds. The Kier molecular flexibility index (Phi) is 10.5. The van der Waals surface area contributed by atoms with Crippen LogP contribution in [-0.4, -0.2) is 47.8 Å². The van der Waals surface area contributed by atoms with Crippen molar-refractivity contribution in [2.75, 3.05) is 6.61 Å². The molecule has 0 saturated heterocycles. The van der Waals surface area contributed by atoms with Gasteiger partial charge >= 0.3 is 23.9 Å². The second-order valence-corrected chi connectivity index (χ2v) is 17.7. The quantitative estimate of drug-likeness (QED) is 0.138. The largest absolute Gasteiger partial charge is 0.481 e. The summed E-state index contributed by atoms with van der Waals surface area (Å²) in [5, 5.41) is 10.8. The fraction of sp³-hybridized carbons (Fsp3) is 0.854. The molecule has 5 aliphatic rings. The second kappa shape index (κ2) is 13.6. The number of rotatable bonds is 10. The molecule has 0 aromatic rings. The number of ether oxygens (including phenoxy) is 3. The summed E-state index contributed by atoms with van der Waals surface area (Å²) in [4.78, 5) is 53.9. The second-order valence-electron chi connectivity index (χ2n) is 17.7. The van der Waals surface area contributed by atoms with E-state index in [0.717, 1.165) is 38.5 Å². The highest BCUT2D eigenvalue weighted by molar-refractivity contribution is 5.80. The topological polar surface area (TPSA) is 116 Å². The molecular formula is C41H64O8. The van der Waals surface area contributed by atoms with Gasteiger partial charge in [0.2, 0.25) is 0 Å². The minimum absolute atomic E-state index is 0.00144. The summed E-state index contributed by atoms with van der Waals surface area (Å²) < 4.78 is 18.4. The third kappa shape index (κ3) is 5.68. The summed E-state index contributed by atoms with van der Waals surface area (Å²) in [5.41, 5.74) is -1.42. The maximum absolute atomic E-state index is 14.4. The molecule has 49 heavy (non-hydrogen) atoms. The zero-order valence-electron chi connectivity index (χ0n) is 31.8. The number of allylic oxidation sites excluding steroid dienone is 2. The van der Waals surface area contributed by atoms with Gasteiger partial charge in [-0.15, -0.1) is 0 Å². The van der Waals surface area contributed by atoms with Crippen molar-refractivity contribution in [3.8, 4) is 0 Å². The van der Waals surface area contributed by atoms with E-state index in [1.807, 2.05) is 27.7 Å². The van der Waals surface area contributed by atoms with Gasteiger partial charge in [0.05, 0.1) is 12.0 Å². The van der Waals surface area contributed by atoms with Crippen LogP contribution < -0.4 is 0 Å². The third-order valence-corrected chi connectivity index (χ3v) is 15.3. The molecule has 0 unspecified atom stereocenters. The standard InChI is InChI=1S/C41H64O8/c1-10-13-31(42)48-28-24-37(6)29-16-15-27-33-26(5)25(4)17-20-41(33,35(44)45)22-21-38(27,7)39(29,8)19-18-30(37)40(9,36(46)47-23-12-3)34(28)49-32(43)14-11-2/h15,25-26,28-30,33-34H,10-14,16-24H2,1-9H3,(H,44,45)/t25-,26+,28-,29-,30-,33+,34+,37-,38-,39-,40+,41+/m1/s1. The molecule has 0 radical (unpaired) electrons. The van der Waals surface area contributed by atoms with Gasteiger partial charge in [0.15, 0.2) is 6.10 Å². The van der Waals surface area contributed by atoms with Crippen LogP contribution >= 0.6 is 0 Å². The zero-order valence-corrected chi connectivity index (χ0v) is 31.8. The smallest absolute Gasteiger partial charge is 0.316 e. The number of carbonyl (C=O) groups is 4. The van der Waals surface area contributed by atoms with Crippen LogP contribution in [0.5, 0.6) is 0 Å². The van der Waals surface area contributed by atoms with Crippen LogP contribution in [-0.2, 0) is 33.4 Å². The average molecular weight is 685 g/mol. The van der Waals surface area contributed by atoms with E-state index in [1.54, 1.807) is 0 Å². The van der Waals surface area contributed by atoms with E-state index in [1.165, 1.54) is 5.57 Å². The highest BCUT2D eigenvalue weighted by atomic mass is 16.6. The van der Waals surface area contributed by atoms with Crippen molar-refractivity contribution >= 4 is 23.9 Å². The van der Waals surface area contributed by atoms with Crippen LogP contribution in [0.2, 0.25) is 0 Å². The van der Waals surface area contributed by atoms with Gasteiger partial charge in [-0.2, -0.15) is 0 Å². The van der Waals surface area contributed by atoms with Crippen LogP contribution in [0.4, 0.5) is 0 Å². The van der Waals surface area contributed by atoms with E-state index in [-0.39, 0.29) is 71.9 Å². The highest BCUT2D eigenvalue weighted by Gasteiger charge is 2.73. The number of carbonyl (C=O) groups excluding carboxylic acids is 3. The minimum Gasteiger partial charge on any atom is -0.481 e. The van der Waals surface area contributed by atoms with Gasteiger partial charge in [0, 0.05) is 12.8 Å². The molecule has 1 N–H and O–H groups in total. The molecular weight excluding hydrogens is 620 g/mol. The fourth-order valence-electron chi connectivity index (χ4n) is 12.4. The van der Waals surface area contributed by atoms with E-state index >= 15 is 0 Å². The van der Waals surface area contributed by atoms with Gasteiger partial charge in [-0.05, 0) is 123 Å². The van der Waals surface area contributed by atoms with Gasteiger partial charge in [-0.1, -0.05) is 67.0 Å². The van der Waals surface area contributed by atoms with E-state index < -0.39 is 34.4 Å². The van der Waals surface area contributed by atoms with Crippen molar-refractivity contribution in [3.63, 3.8) is 0 Å². The van der Waals surface area contributed by atoms with Crippen LogP contribution in [0.25, 0.3) is 0 Å². The number of carboxylic acids is 1. The number of fused-ring (bicyclic) bond motifs is 7. The average Bonchev–Trinajstić information content (AvgIpc) is 3.03. The predicted octanol–water partition coefficient (Wildman–Crippen LogP) is 8.70. The molecule has 5 aliphatic carbocycles. The SMILES string of the molecule is CCCOC(=O)[C@@]1(C)[C@@H]2CC[C@]3(C)[C@H](CC=C4[C@@H]5[C@@H](C)[C@H](C)CC[C@]5(C(=O)O)CC[C@]43C)[C@@]2(C)C[C@@H](OC(=O)CCC)[C@@H]1OC(=O)CCC. The first kappa shape index (κ1) is 37.9. The summed E-state index contributed by atoms with van der Waals surface area (Å²) in [6.45, 7) is 19.6. The first-order chi connectivity index (χ1) is 23.0.